The average Bonchev–Trinajstić information content (AvgIpc) is 3.38. The molecule has 176 valence electrons. The third-order valence-electron chi connectivity index (χ3n) is 5.31. The van der Waals surface area contributed by atoms with Gasteiger partial charge in [0.2, 0.25) is 0 Å². The molecule has 1 aromatic heterocycles. The Morgan fingerprint density at radius 3 is 2.45 bits per heavy atom. The summed E-state index contributed by atoms with van der Waals surface area (Å²) >= 11 is 0. The summed E-state index contributed by atoms with van der Waals surface area (Å²) in [6.07, 6.45) is 2.46. The number of carbonyl (C=O) groups is 1. The highest BCUT2D eigenvalue weighted by atomic mass is 16.6. The Labute approximate surface area is 195 Å². The summed E-state index contributed by atoms with van der Waals surface area (Å²) in [4.78, 5) is 12.4. The molecule has 33 heavy (non-hydrogen) atoms. The molecule has 0 amide bonds. The maximum Gasteiger partial charge on any atom is 0.337 e. The van der Waals surface area contributed by atoms with Crippen LogP contribution in [0.25, 0.3) is 5.69 Å². The molecular weight excluding hydrogens is 418 g/mol. The zero-order valence-electron chi connectivity index (χ0n) is 19.5. The van der Waals surface area contributed by atoms with Crippen molar-refractivity contribution in [1.29, 1.82) is 0 Å². The van der Waals surface area contributed by atoms with Crippen LogP contribution in [-0.2, 0) is 25.6 Å². The fourth-order valence-electron chi connectivity index (χ4n) is 3.43. The van der Waals surface area contributed by atoms with Crippen LogP contribution in [0.15, 0.2) is 73.1 Å². The Morgan fingerprint density at radius 2 is 1.79 bits per heavy atom. The lowest BCUT2D eigenvalue weighted by atomic mass is 10.1. The van der Waals surface area contributed by atoms with Crippen molar-refractivity contribution >= 4 is 5.97 Å². The number of hydrogen-bond donors (Lipinski definition) is 1. The molecule has 0 aliphatic rings. The van der Waals surface area contributed by atoms with E-state index in [1.54, 1.807) is 13.1 Å². The van der Waals surface area contributed by atoms with Gasteiger partial charge < -0.3 is 19.5 Å². The van der Waals surface area contributed by atoms with Crippen LogP contribution in [0.5, 0.6) is 0 Å². The second-order valence-electron chi connectivity index (χ2n) is 7.76. The Balaban J connectivity index is 1.47. The first-order valence-electron chi connectivity index (χ1n) is 11.4. The summed E-state index contributed by atoms with van der Waals surface area (Å²) < 4.78 is 18.8. The highest BCUT2D eigenvalue weighted by Gasteiger charge is 2.28. The van der Waals surface area contributed by atoms with Crippen molar-refractivity contribution in [1.82, 2.24) is 15.1 Å². The predicted octanol–water partition coefficient (Wildman–Crippen LogP) is 4.08. The zero-order chi connectivity index (χ0) is 23.5. The van der Waals surface area contributed by atoms with Crippen molar-refractivity contribution in [2.24, 2.45) is 0 Å². The Bertz CT molecular complexity index is 945. The highest BCUT2D eigenvalue weighted by Crippen LogP contribution is 2.15. The summed E-state index contributed by atoms with van der Waals surface area (Å²) in [5.41, 5.74) is 3.22. The van der Waals surface area contributed by atoms with Crippen LogP contribution in [0.1, 0.15) is 37.9 Å². The molecule has 0 fully saturated rings. The molecule has 0 saturated heterocycles. The van der Waals surface area contributed by atoms with E-state index in [9.17, 15) is 4.79 Å². The standard InChI is InChI=1S/C26H33N3O4/c1-4-31-26(30)25(21(3)33-19-22-9-6-5-7-10-22)32-18-16-27-20(2)23-11-13-24(14-12-23)29-17-8-15-28-29/h5-15,17,20-21,25,27H,4,16,18-19H2,1-3H3/t20-,21+,25+/m1/s1. The molecule has 1 heterocycles. The van der Waals surface area contributed by atoms with E-state index in [-0.39, 0.29) is 6.04 Å². The molecule has 0 aliphatic carbocycles. The molecule has 0 saturated carbocycles. The van der Waals surface area contributed by atoms with E-state index in [0.717, 1.165) is 16.8 Å². The molecule has 0 bridgehead atoms. The molecule has 2 aromatic carbocycles. The van der Waals surface area contributed by atoms with Crippen LogP contribution < -0.4 is 5.32 Å². The second kappa shape index (κ2) is 12.9. The smallest absolute Gasteiger partial charge is 0.337 e. The lowest BCUT2D eigenvalue weighted by molar-refractivity contribution is -0.167. The lowest BCUT2D eigenvalue weighted by Crippen LogP contribution is -2.39. The quantitative estimate of drug-likeness (QED) is 0.312. The largest absolute Gasteiger partial charge is 0.464 e. The van der Waals surface area contributed by atoms with Gasteiger partial charge in [0.05, 0.1) is 31.6 Å². The van der Waals surface area contributed by atoms with E-state index in [0.29, 0.717) is 26.4 Å². The maximum absolute atomic E-state index is 12.4. The van der Waals surface area contributed by atoms with Crippen LogP contribution in [0, 0.1) is 0 Å². The Kier molecular flexibility index (Phi) is 9.62. The SMILES string of the molecule is CCOC(=O)[C@@H](OCCN[C@H](C)c1ccc(-n2cccn2)cc1)[C@H](C)OCc1ccccc1. The molecule has 7 heteroatoms. The lowest BCUT2D eigenvalue weighted by Gasteiger charge is -2.24. The summed E-state index contributed by atoms with van der Waals surface area (Å²) in [7, 11) is 0. The number of esters is 1. The first-order valence-corrected chi connectivity index (χ1v) is 11.4. The number of ether oxygens (including phenoxy) is 3. The fraction of sp³-hybridized carbons (Fsp3) is 0.385. The Hall–Kier alpha value is -3.00. The number of benzene rings is 2. The summed E-state index contributed by atoms with van der Waals surface area (Å²) in [5, 5.41) is 7.68. The van der Waals surface area contributed by atoms with Crippen LogP contribution in [-0.4, -0.2) is 47.7 Å². The predicted molar refractivity (Wildman–Crippen MR) is 127 cm³/mol. The van der Waals surface area contributed by atoms with Gasteiger partial charge in [-0.15, -0.1) is 0 Å². The van der Waals surface area contributed by atoms with E-state index < -0.39 is 18.2 Å². The van der Waals surface area contributed by atoms with Crippen LogP contribution in [0.3, 0.4) is 0 Å². The van der Waals surface area contributed by atoms with E-state index in [1.165, 1.54) is 0 Å². The molecule has 1 N–H and O–H groups in total. The van der Waals surface area contributed by atoms with Gasteiger partial charge in [0, 0.05) is 25.0 Å². The molecule has 0 spiro atoms. The van der Waals surface area contributed by atoms with Gasteiger partial charge in [-0.25, -0.2) is 9.48 Å². The Morgan fingerprint density at radius 1 is 1.03 bits per heavy atom. The number of nitrogens with zero attached hydrogens (tertiary/aromatic N) is 2. The van der Waals surface area contributed by atoms with Crippen molar-refractivity contribution in [2.45, 2.75) is 45.6 Å². The van der Waals surface area contributed by atoms with E-state index >= 15 is 0 Å². The van der Waals surface area contributed by atoms with Crippen molar-refractivity contribution in [3.63, 3.8) is 0 Å². The minimum absolute atomic E-state index is 0.132. The molecule has 0 aliphatic heterocycles. The third kappa shape index (κ3) is 7.53. The molecule has 3 aromatic rings. The zero-order valence-corrected chi connectivity index (χ0v) is 19.5. The number of hydrogen-bond acceptors (Lipinski definition) is 6. The van der Waals surface area contributed by atoms with Crippen molar-refractivity contribution in [3.05, 3.63) is 84.2 Å². The van der Waals surface area contributed by atoms with Gasteiger partial charge >= 0.3 is 5.97 Å². The van der Waals surface area contributed by atoms with Gasteiger partial charge in [0.15, 0.2) is 6.10 Å². The average molecular weight is 452 g/mol. The number of rotatable bonds is 13. The third-order valence-corrected chi connectivity index (χ3v) is 5.31. The normalized spacial score (nSPS) is 13.9. The molecule has 0 radical (unpaired) electrons. The maximum atomic E-state index is 12.4. The minimum Gasteiger partial charge on any atom is -0.464 e. The number of carbonyl (C=O) groups excluding carboxylic acids is 1. The number of aromatic nitrogens is 2. The van der Waals surface area contributed by atoms with E-state index in [4.69, 9.17) is 14.2 Å². The van der Waals surface area contributed by atoms with Gasteiger partial charge in [-0.3, -0.25) is 0 Å². The van der Waals surface area contributed by atoms with Gasteiger partial charge in [0.25, 0.3) is 0 Å². The van der Waals surface area contributed by atoms with Crippen LogP contribution >= 0.6 is 0 Å². The van der Waals surface area contributed by atoms with Gasteiger partial charge in [-0.2, -0.15) is 5.10 Å². The molecule has 7 nitrogen and oxygen atoms in total. The van der Waals surface area contributed by atoms with Crippen LogP contribution in [0.2, 0.25) is 0 Å². The first-order chi connectivity index (χ1) is 16.1. The summed E-state index contributed by atoms with van der Waals surface area (Å²) in [6.45, 7) is 7.37. The van der Waals surface area contributed by atoms with E-state index in [1.807, 2.05) is 66.3 Å². The molecule has 0 unspecified atom stereocenters. The minimum atomic E-state index is -0.779. The highest BCUT2D eigenvalue weighted by molar-refractivity contribution is 5.75. The van der Waals surface area contributed by atoms with Crippen molar-refractivity contribution in [3.8, 4) is 5.69 Å². The van der Waals surface area contributed by atoms with E-state index in [2.05, 4.69) is 29.5 Å². The van der Waals surface area contributed by atoms with Gasteiger partial charge in [0.1, 0.15) is 0 Å². The van der Waals surface area contributed by atoms with Gasteiger partial charge in [-0.1, -0.05) is 42.5 Å². The van der Waals surface area contributed by atoms with Crippen LogP contribution in [0.4, 0.5) is 0 Å². The molecular formula is C26H33N3O4. The molecule has 3 rings (SSSR count). The first kappa shape index (κ1) is 24.6. The number of nitrogens with one attached hydrogen (secondary N) is 1. The van der Waals surface area contributed by atoms with Crippen molar-refractivity contribution < 1.29 is 19.0 Å². The topological polar surface area (TPSA) is 74.6 Å². The summed E-state index contributed by atoms with van der Waals surface area (Å²) in [5.74, 6) is -0.402. The van der Waals surface area contributed by atoms with Crippen molar-refractivity contribution in [2.75, 3.05) is 19.8 Å². The second-order valence-corrected chi connectivity index (χ2v) is 7.76. The molecule has 3 atom stereocenters. The monoisotopic (exact) mass is 451 g/mol. The fourth-order valence-corrected chi connectivity index (χ4v) is 3.43. The van der Waals surface area contributed by atoms with Gasteiger partial charge in [-0.05, 0) is 50.1 Å². The summed E-state index contributed by atoms with van der Waals surface area (Å²) in [6, 6.07) is 20.1.